The SMILES string of the molecule is F/C(I)=C(\F)c1cccc(Cl)c1. The van der Waals surface area contributed by atoms with Gasteiger partial charge in [-0.25, -0.2) is 4.39 Å². The lowest BCUT2D eigenvalue weighted by atomic mass is 10.2. The zero-order valence-corrected chi connectivity index (χ0v) is 8.73. The van der Waals surface area contributed by atoms with Crippen LogP contribution in [0.2, 0.25) is 5.02 Å². The van der Waals surface area contributed by atoms with Gasteiger partial charge in [0.2, 0.25) is 0 Å². The molecule has 0 aromatic heterocycles. The van der Waals surface area contributed by atoms with Crippen LogP contribution in [0.1, 0.15) is 5.56 Å². The molecule has 0 radical (unpaired) electrons. The molecule has 0 saturated carbocycles. The molecule has 0 fully saturated rings. The number of hydrogen-bond donors (Lipinski definition) is 0. The second-order valence-electron chi connectivity index (χ2n) is 2.08. The van der Waals surface area contributed by atoms with Gasteiger partial charge in [-0.3, -0.25) is 0 Å². The lowest BCUT2D eigenvalue weighted by Gasteiger charge is -1.96. The lowest BCUT2D eigenvalue weighted by molar-refractivity contribution is 0.664. The first kappa shape index (κ1) is 9.92. The van der Waals surface area contributed by atoms with E-state index in [9.17, 15) is 8.78 Å². The van der Waals surface area contributed by atoms with Crippen molar-refractivity contribution < 1.29 is 8.78 Å². The van der Waals surface area contributed by atoms with Gasteiger partial charge in [0.1, 0.15) is 0 Å². The van der Waals surface area contributed by atoms with Gasteiger partial charge < -0.3 is 0 Å². The summed E-state index contributed by atoms with van der Waals surface area (Å²) in [7, 11) is 0. The first-order valence-electron chi connectivity index (χ1n) is 3.08. The van der Waals surface area contributed by atoms with Gasteiger partial charge in [-0.05, 0) is 34.7 Å². The van der Waals surface area contributed by atoms with Gasteiger partial charge in [0, 0.05) is 10.6 Å². The van der Waals surface area contributed by atoms with E-state index in [0.717, 1.165) is 0 Å². The van der Waals surface area contributed by atoms with Crippen LogP contribution in [0.15, 0.2) is 28.1 Å². The summed E-state index contributed by atoms with van der Waals surface area (Å²) in [5, 5.41) is 0.389. The molecule has 1 aromatic carbocycles. The zero-order chi connectivity index (χ0) is 9.14. The Hall–Kier alpha value is -0.160. The molecule has 0 N–H and O–H groups in total. The second kappa shape index (κ2) is 4.18. The smallest absolute Gasteiger partial charge is 0.196 e. The second-order valence-corrected chi connectivity index (χ2v) is 3.47. The molecule has 0 amide bonds. The van der Waals surface area contributed by atoms with Crippen LogP contribution in [0.5, 0.6) is 0 Å². The predicted octanol–water partition coefficient (Wildman–Crippen LogP) is 4.34. The molecule has 0 unspecified atom stereocenters. The molecular formula is C8H4ClF2I. The van der Waals surface area contributed by atoms with Crippen LogP contribution in [-0.2, 0) is 0 Å². The van der Waals surface area contributed by atoms with Crippen LogP contribution in [0.4, 0.5) is 8.78 Å². The minimum atomic E-state index is -0.877. The molecule has 0 heterocycles. The van der Waals surface area contributed by atoms with Crippen LogP contribution < -0.4 is 0 Å². The molecular weight excluding hydrogens is 296 g/mol. The third-order valence-electron chi connectivity index (χ3n) is 1.24. The van der Waals surface area contributed by atoms with E-state index in [1.54, 1.807) is 12.1 Å². The maximum atomic E-state index is 12.9. The van der Waals surface area contributed by atoms with E-state index in [0.29, 0.717) is 5.02 Å². The maximum Gasteiger partial charge on any atom is 0.196 e. The van der Waals surface area contributed by atoms with E-state index in [1.807, 2.05) is 0 Å². The number of rotatable bonds is 1. The molecule has 12 heavy (non-hydrogen) atoms. The van der Waals surface area contributed by atoms with Crippen molar-refractivity contribution in [2.24, 2.45) is 0 Å². The third kappa shape index (κ3) is 2.42. The molecule has 1 aromatic rings. The summed E-state index contributed by atoms with van der Waals surface area (Å²) in [4.78, 5) is 0. The first-order chi connectivity index (χ1) is 5.61. The molecule has 0 aliphatic carbocycles. The van der Waals surface area contributed by atoms with Crippen molar-refractivity contribution in [3.63, 3.8) is 0 Å². The number of halogens is 4. The molecule has 0 bridgehead atoms. The van der Waals surface area contributed by atoms with Crippen LogP contribution in [-0.4, -0.2) is 0 Å². The molecule has 0 atom stereocenters. The standard InChI is InChI=1S/C8H4ClF2I/c9-6-3-1-2-5(4-6)7(10)8(11)12/h1-4H/b8-7+. The normalized spacial score (nSPS) is 12.7. The molecule has 1 rings (SSSR count). The Balaban J connectivity index is 3.13. The summed E-state index contributed by atoms with van der Waals surface area (Å²) in [6.07, 6.45) is 0. The van der Waals surface area contributed by atoms with Crippen LogP contribution in [0.25, 0.3) is 5.83 Å². The fraction of sp³-hybridized carbons (Fsp3) is 0. The van der Waals surface area contributed by atoms with E-state index in [4.69, 9.17) is 11.6 Å². The van der Waals surface area contributed by atoms with Crippen molar-refractivity contribution in [2.75, 3.05) is 0 Å². The zero-order valence-electron chi connectivity index (χ0n) is 5.82. The highest BCUT2D eigenvalue weighted by Crippen LogP contribution is 2.26. The van der Waals surface area contributed by atoms with Gasteiger partial charge in [-0.1, -0.05) is 23.7 Å². The molecule has 0 spiro atoms. The fourth-order valence-corrected chi connectivity index (χ4v) is 1.24. The van der Waals surface area contributed by atoms with Gasteiger partial charge in [0.15, 0.2) is 9.66 Å². The van der Waals surface area contributed by atoms with Crippen molar-refractivity contribution in [2.45, 2.75) is 0 Å². The van der Waals surface area contributed by atoms with Crippen molar-refractivity contribution in [3.8, 4) is 0 Å². The van der Waals surface area contributed by atoms with Gasteiger partial charge in [0.05, 0.1) is 0 Å². The highest BCUT2D eigenvalue weighted by atomic mass is 127. The molecule has 0 nitrogen and oxygen atoms in total. The Morgan fingerprint density at radius 2 is 2.00 bits per heavy atom. The number of benzene rings is 1. The highest BCUT2D eigenvalue weighted by Gasteiger charge is 2.05. The quantitative estimate of drug-likeness (QED) is 0.677. The minimum Gasteiger partial charge on any atom is -0.203 e. The molecule has 0 saturated heterocycles. The highest BCUT2D eigenvalue weighted by molar-refractivity contribution is 14.1. The summed E-state index contributed by atoms with van der Waals surface area (Å²) >= 11 is 6.86. The van der Waals surface area contributed by atoms with Crippen molar-refractivity contribution >= 4 is 40.0 Å². The van der Waals surface area contributed by atoms with Crippen molar-refractivity contribution in [1.29, 1.82) is 0 Å². The predicted molar refractivity (Wildman–Crippen MR) is 54.6 cm³/mol. The van der Waals surface area contributed by atoms with Crippen LogP contribution in [0.3, 0.4) is 0 Å². The Morgan fingerprint density at radius 1 is 1.33 bits per heavy atom. The van der Waals surface area contributed by atoms with Crippen molar-refractivity contribution in [1.82, 2.24) is 0 Å². The third-order valence-corrected chi connectivity index (χ3v) is 1.95. The summed E-state index contributed by atoms with van der Waals surface area (Å²) in [6.45, 7) is 0. The van der Waals surface area contributed by atoms with E-state index in [2.05, 4.69) is 0 Å². The average Bonchev–Trinajstić information content (AvgIpc) is 2.03. The Kier molecular flexibility index (Phi) is 3.46. The van der Waals surface area contributed by atoms with Gasteiger partial charge >= 0.3 is 0 Å². The van der Waals surface area contributed by atoms with E-state index in [-0.39, 0.29) is 5.56 Å². The molecule has 64 valence electrons. The van der Waals surface area contributed by atoms with Gasteiger partial charge in [-0.15, -0.1) is 0 Å². The van der Waals surface area contributed by atoms with Crippen LogP contribution >= 0.6 is 34.2 Å². The first-order valence-corrected chi connectivity index (χ1v) is 4.53. The maximum absolute atomic E-state index is 12.9. The van der Waals surface area contributed by atoms with E-state index >= 15 is 0 Å². The largest absolute Gasteiger partial charge is 0.203 e. The van der Waals surface area contributed by atoms with Crippen molar-refractivity contribution in [3.05, 3.63) is 38.7 Å². The monoisotopic (exact) mass is 300 g/mol. The van der Waals surface area contributed by atoms with E-state index < -0.39 is 9.66 Å². The number of hydrogen-bond acceptors (Lipinski definition) is 0. The van der Waals surface area contributed by atoms with Gasteiger partial charge in [0.25, 0.3) is 0 Å². The Bertz CT molecular complexity index is 319. The summed E-state index contributed by atoms with van der Waals surface area (Å²) in [6, 6.07) is 5.99. The lowest BCUT2D eigenvalue weighted by Crippen LogP contribution is -1.77. The minimum absolute atomic E-state index is 0.161. The summed E-state index contributed by atoms with van der Waals surface area (Å²) in [5.41, 5.74) is 0.161. The fourth-order valence-electron chi connectivity index (χ4n) is 0.734. The van der Waals surface area contributed by atoms with Gasteiger partial charge in [-0.2, -0.15) is 4.39 Å². The topological polar surface area (TPSA) is 0 Å². The van der Waals surface area contributed by atoms with Crippen LogP contribution in [0, 0.1) is 0 Å². The molecule has 0 aliphatic heterocycles. The summed E-state index contributed by atoms with van der Waals surface area (Å²) in [5.74, 6) is -0.877. The Morgan fingerprint density at radius 3 is 2.50 bits per heavy atom. The molecule has 0 aliphatic rings. The van der Waals surface area contributed by atoms with E-state index in [1.165, 1.54) is 34.7 Å². The summed E-state index contributed by atoms with van der Waals surface area (Å²) < 4.78 is 24.4. The average molecular weight is 300 g/mol. The molecule has 4 heteroatoms. The Labute approximate surface area is 87.4 Å².